The lowest BCUT2D eigenvalue weighted by Crippen LogP contribution is -2.32. The summed E-state index contributed by atoms with van der Waals surface area (Å²) in [6.45, 7) is 5.48. The third-order valence-corrected chi connectivity index (χ3v) is 3.77. The van der Waals surface area contributed by atoms with Crippen molar-refractivity contribution in [3.8, 4) is 11.4 Å². The zero-order valence-electron chi connectivity index (χ0n) is 11.9. The van der Waals surface area contributed by atoms with Gasteiger partial charge in [-0.2, -0.15) is 0 Å². The monoisotopic (exact) mass is 268 g/mol. The van der Waals surface area contributed by atoms with E-state index in [0.717, 1.165) is 30.9 Å². The molecule has 3 heterocycles. The fraction of sp³-hybridized carbons (Fsp3) is 0.438. The lowest BCUT2D eigenvalue weighted by atomic mass is 10.1. The molecule has 2 aromatic heterocycles. The third kappa shape index (κ3) is 2.85. The van der Waals surface area contributed by atoms with Gasteiger partial charge in [0.1, 0.15) is 0 Å². The molecule has 0 radical (unpaired) electrons. The van der Waals surface area contributed by atoms with Gasteiger partial charge >= 0.3 is 0 Å². The Balaban J connectivity index is 1.82. The van der Waals surface area contributed by atoms with Crippen LogP contribution in [-0.2, 0) is 13.0 Å². The van der Waals surface area contributed by atoms with Crippen molar-refractivity contribution in [1.82, 2.24) is 19.9 Å². The molecular formula is C16H20N4. The minimum atomic E-state index is 0.786. The Bertz CT molecular complexity index is 568. The predicted octanol–water partition coefficient (Wildman–Crippen LogP) is 2.70. The average Bonchev–Trinajstić information content (AvgIpc) is 2.53. The van der Waals surface area contributed by atoms with Crippen LogP contribution in [0.1, 0.15) is 31.0 Å². The molecule has 0 unspecified atom stereocenters. The zero-order valence-corrected chi connectivity index (χ0v) is 11.9. The van der Waals surface area contributed by atoms with Crippen molar-refractivity contribution in [1.29, 1.82) is 0 Å². The summed E-state index contributed by atoms with van der Waals surface area (Å²) in [5.74, 6) is 0.786. The van der Waals surface area contributed by atoms with E-state index >= 15 is 0 Å². The molecule has 0 aromatic carbocycles. The highest BCUT2D eigenvalue weighted by Gasteiger charge is 2.18. The summed E-state index contributed by atoms with van der Waals surface area (Å²) in [4.78, 5) is 15.9. The molecule has 2 aromatic rings. The van der Waals surface area contributed by atoms with Crippen molar-refractivity contribution in [3.05, 3.63) is 42.0 Å². The first-order valence-corrected chi connectivity index (χ1v) is 7.34. The number of aromatic nitrogens is 3. The highest BCUT2D eigenvalue weighted by atomic mass is 15.1. The van der Waals surface area contributed by atoms with Crippen LogP contribution in [0.25, 0.3) is 11.4 Å². The first-order valence-electron chi connectivity index (χ1n) is 7.34. The minimum absolute atomic E-state index is 0.786. The SMILES string of the molecule is CCCCN1CCc2cnc(-c3cccnc3)nc2C1. The molecule has 1 aliphatic rings. The molecule has 104 valence electrons. The minimum Gasteiger partial charge on any atom is -0.297 e. The second-order valence-corrected chi connectivity index (χ2v) is 5.29. The van der Waals surface area contributed by atoms with Crippen molar-refractivity contribution < 1.29 is 0 Å². The molecule has 0 saturated heterocycles. The van der Waals surface area contributed by atoms with Gasteiger partial charge in [-0.3, -0.25) is 9.88 Å². The molecule has 0 N–H and O–H groups in total. The molecule has 20 heavy (non-hydrogen) atoms. The van der Waals surface area contributed by atoms with Gasteiger partial charge in [-0.15, -0.1) is 0 Å². The van der Waals surface area contributed by atoms with Crippen LogP contribution in [0.3, 0.4) is 0 Å². The van der Waals surface area contributed by atoms with Gasteiger partial charge < -0.3 is 0 Å². The number of hydrogen-bond donors (Lipinski definition) is 0. The molecular weight excluding hydrogens is 248 g/mol. The van der Waals surface area contributed by atoms with E-state index in [0.29, 0.717) is 0 Å². The van der Waals surface area contributed by atoms with Crippen molar-refractivity contribution in [2.75, 3.05) is 13.1 Å². The summed E-state index contributed by atoms with van der Waals surface area (Å²) in [7, 11) is 0. The summed E-state index contributed by atoms with van der Waals surface area (Å²) in [6, 6.07) is 3.93. The zero-order chi connectivity index (χ0) is 13.8. The molecule has 0 fully saturated rings. The number of pyridine rings is 1. The van der Waals surface area contributed by atoms with Crippen molar-refractivity contribution in [2.45, 2.75) is 32.7 Å². The Labute approximate surface area is 119 Å². The first kappa shape index (κ1) is 13.2. The summed E-state index contributed by atoms with van der Waals surface area (Å²) in [5, 5.41) is 0. The molecule has 0 amide bonds. The Hall–Kier alpha value is -1.81. The molecule has 0 atom stereocenters. The Morgan fingerprint density at radius 3 is 3.05 bits per heavy atom. The van der Waals surface area contributed by atoms with E-state index in [1.54, 1.807) is 6.20 Å². The second-order valence-electron chi connectivity index (χ2n) is 5.29. The Morgan fingerprint density at radius 1 is 1.30 bits per heavy atom. The average molecular weight is 268 g/mol. The van der Waals surface area contributed by atoms with E-state index in [1.807, 2.05) is 24.5 Å². The smallest absolute Gasteiger partial charge is 0.160 e. The number of rotatable bonds is 4. The van der Waals surface area contributed by atoms with E-state index in [-0.39, 0.29) is 0 Å². The molecule has 4 nitrogen and oxygen atoms in total. The summed E-state index contributed by atoms with van der Waals surface area (Å²) in [5.41, 5.74) is 3.47. The maximum Gasteiger partial charge on any atom is 0.160 e. The van der Waals surface area contributed by atoms with Gasteiger partial charge in [0, 0.05) is 37.2 Å². The van der Waals surface area contributed by atoms with Crippen LogP contribution in [0.15, 0.2) is 30.7 Å². The fourth-order valence-electron chi connectivity index (χ4n) is 2.56. The largest absolute Gasteiger partial charge is 0.297 e. The van der Waals surface area contributed by atoms with E-state index < -0.39 is 0 Å². The summed E-state index contributed by atoms with van der Waals surface area (Å²) < 4.78 is 0. The van der Waals surface area contributed by atoms with Gasteiger partial charge in [-0.25, -0.2) is 9.97 Å². The third-order valence-electron chi connectivity index (χ3n) is 3.77. The van der Waals surface area contributed by atoms with Gasteiger partial charge in [-0.05, 0) is 37.1 Å². The number of hydrogen-bond acceptors (Lipinski definition) is 4. The maximum absolute atomic E-state index is 4.75. The molecule has 0 aliphatic carbocycles. The highest BCUT2D eigenvalue weighted by molar-refractivity contribution is 5.53. The molecule has 0 saturated carbocycles. The normalized spacial score (nSPS) is 15.1. The van der Waals surface area contributed by atoms with Crippen LogP contribution < -0.4 is 0 Å². The van der Waals surface area contributed by atoms with Gasteiger partial charge in [0.05, 0.1) is 5.69 Å². The van der Waals surface area contributed by atoms with Gasteiger partial charge in [0.2, 0.25) is 0 Å². The summed E-state index contributed by atoms with van der Waals surface area (Å²) in [6.07, 6.45) is 9.14. The predicted molar refractivity (Wildman–Crippen MR) is 79.2 cm³/mol. The first-order chi connectivity index (χ1) is 9.86. The Morgan fingerprint density at radius 2 is 2.25 bits per heavy atom. The fourth-order valence-corrected chi connectivity index (χ4v) is 2.56. The van der Waals surface area contributed by atoms with E-state index in [1.165, 1.54) is 30.6 Å². The van der Waals surface area contributed by atoms with Crippen LogP contribution in [0.5, 0.6) is 0 Å². The molecule has 1 aliphatic heterocycles. The number of fused-ring (bicyclic) bond motifs is 1. The second kappa shape index (κ2) is 6.09. The molecule has 3 rings (SSSR count). The van der Waals surface area contributed by atoms with E-state index in [4.69, 9.17) is 4.98 Å². The van der Waals surface area contributed by atoms with E-state index in [9.17, 15) is 0 Å². The van der Waals surface area contributed by atoms with Crippen LogP contribution in [-0.4, -0.2) is 32.9 Å². The van der Waals surface area contributed by atoms with Crippen LogP contribution in [0.4, 0.5) is 0 Å². The van der Waals surface area contributed by atoms with Crippen molar-refractivity contribution >= 4 is 0 Å². The topological polar surface area (TPSA) is 41.9 Å². The number of nitrogens with zero attached hydrogens (tertiary/aromatic N) is 4. The molecule has 0 spiro atoms. The van der Waals surface area contributed by atoms with Gasteiger partial charge in [0.25, 0.3) is 0 Å². The van der Waals surface area contributed by atoms with Crippen LogP contribution in [0.2, 0.25) is 0 Å². The molecule has 0 bridgehead atoms. The highest BCUT2D eigenvalue weighted by Crippen LogP contribution is 2.20. The van der Waals surface area contributed by atoms with Crippen LogP contribution in [0, 0.1) is 0 Å². The quantitative estimate of drug-likeness (QED) is 0.855. The van der Waals surface area contributed by atoms with Gasteiger partial charge in [-0.1, -0.05) is 13.3 Å². The van der Waals surface area contributed by atoms with Crippen molar-refractivity contribution in [2.24, 2.45) is 0 Å². The van der Waals surface area contributed by atoms with Crippen LogP contribution >= 0.6 is 0 Å². The lowest BCUT2D eigenvalue weighted by Gasteiger charge is -2.27. The molecule has 4 heteroatoms. The lowest BCUT2D eigenvalue weighted by molar-refractivity contribution is 0.246. The maximum atomic E-state index is 4.75. The number of unbranched alkanes of at least 4 members (excludes halogenated alkanes) is 1. The van der Waals surface area contributed by atoms with Crippen molar-refractivity contribution in [3.63, 3.8) is 0 Å². The Kier molecular flexibility index (Phi) is 4.02. The van der Waals surface area contributed by atoms with Gasteiger partial charge in [0.15, 0.2) is 5.82 Å². The standard InChI is InChI=1S/C16H20N4/c1-2-3-8-20-9-6-13-11-18-16(19-15(13)12-20)14-5-4-7-17-10-14/h4-5,7,10-11H,2-3,6,8-9,12H2,1H3. The van der Waals surface area contributed by atoms with E-state index in [2.05, 4.69) is 21.8 Å². The summed E-state index contributed by atoms with van der Waals surface area (Å²) >= 11 is 0.